The molecular weight excluding hydrogens is 390 g/mol. The quantitative estimate of drug-likeness (QED) is 0.460. The highest BCUT2D eigenvalue weighted by Gasteiger charge is 2.06. The second kappa shape index (κ2) is 11.6. The van der Waals surface area contributed by atoms with Crippen LogP contribution in [0.15, 0.2) is 53.4 Å². The van der Waals surface area contributed by atoms with Gasteiger partial charge in [-0.1, -0.05) is 0 Å². The van der Waals surface area contributed by atoms with Crippen LogP contribution in [0.25, 0.3) is 0 Å². The van der Waals surface area contributed by atoms with Crippen LogP contribution in [0.5, 0.6) is 0 Å². The molecule has 0 unspecified atom stereocenters. The minimum atomic E-state index is -0.366. The monoisotopic (exact) mass is 410 g/mol. The van der Waals surface area contributed by atoms with Crippen molar-refractivity contribution in [2.75, 3.05) is 29.1 Å². The van der Waals surface area contributed by atoms with Crippen LogP contribution in [-0.4, -0.2) is 35.6 Å². The van der Waals surface area contributed by atoms with Crippen LogP contribution in [0.2, 0.25) is 0 Å². The van der Waals surface area contributed by atoms with Crippen LogP contribution in [0.3, 0.4) is 0 Å². The lowest BCUT2D eigenvalue weighted by molar-refractivity contribution is -0.118. The molecule has 0 radical (unpaired) electrons. The summed E-state index contributed by atoms with van der Waals surface area (Å²) in [6.07, 6.45) is 0.795. The van der Waals surface area contributed by atoms with E-state index in [1.807, 2.05) is 0 Å². The zero-order valence-corrected chi connectivity index (χ0v) is 16.2. The lowest BCUT2D eigenvalue weighted by Crippen LogP contribution is -2.27. The molecule has 2 amide bonds. The van der Waals surface area contributed by atoms with E-state index in [0.717, 1.165) is 17.1 Å². The van der Waals surface area contributed by atoms with E-state index in [1.165, 1.54) is 48.2 Å². The summed E-state index contributed by atoms with van der Waals surface area (Å²) < 4.78 is 25.6. The third kappa shape index (κ3) is 8.92. The largest absolute Gasteiger partial charge is 0.355 e. The van der Waals surface area contributed by atoms with Crippen molar-refractivity contribution in [2.45, 2.75) is 11.3 Å². The summed E-state index contributed by atoms with van der Waals surface area (Å²) in [6, 6.07) is 11.8. The molecule has 0 heterocycles. The van der Waals surface area contributed by atoms with Crippen LogP contribution in [0, 0.1) is 11.6 Å². The molecular formula is C19H20F2N2O2S2. The normalized spacial score (nSPS) is 10.4. The molecule has 144 valence electrons. The van der Waals surface area contributed by atoms with Gasteiger partial charge in [0.2, 0.25) is 11.8 Å². The topological polar surface area (TPSA) is 58.2 Å². The molecule has 0 fully saturated rings. The van der Waals surface area contributed by atoms with Gasteiger partial charge in [-0.25, -0.2) is 8.78 Å². The molecule has 0 saturated carbocycles. The van der Waals surface area contributed by atoms with E-state index in [4.69, 9.17) is 0 Å². The maximum atomic E-state index is 12.8. The molecule has 0 saturated heterocycles. The van der Waals surface area contributed by atoms with Crippen molar-refractivity contribution in [2.24, 2.45) is 0 Å². The lowest BCUT2D eigenvalue weighted by atomic mass is 10.3. The van der Waals surface area contributed by atoms with E-state index in [0.29, 0.717) is 12.2 Å². The van der Waals surface area contributed by atoms with Gasteiger partial charge in [0.1, 0.15) is 11.6 Å². The molecule has 0 aliphatic carbocycles. The highest BCUT2D eigenvalue weighted by Crippen LogP contribution is 2.18. The average molecular weight is 411 g/mol. The van der Waals surface area contributed by atoms with Gasteiger partial charge < -0.3 is 10.6 Å². The minimum Gasteiger partial charge on any atom is -0.355 e. The van der Waals surface area contributed by atoms with Crippen LogP contribution >= 0.6 is 23.5 Å². The van der Waals surface area contributed by atoms with Gasteiger partial charge in [0, 0.05) is 17.1 Å². The Kier molecular flexibility index (Phi) is 9.13. The zero-order chi connectivity index (χ0) is 19.5. The summed E-state index contributed by atoms with van der Waals surface area (Å²) in [5.41, 5.74) is 0.519. The predicted molar refractivity (Wildman–Crippen MR) is 107 cm³/mol. The van der Waals surface area contributed by atoms with Gasteiger partial charge in [0.05, 0.1) is 11.5 Å². The highest BCUT2D eigenvalue weighted by atomic mass is 32.2. The van der Waals surface area contributed by atoms with Gasteiger partial charge in [-0.2, -0.15) is 0 Å². The SMILES string of the molecule is O=C(CSCC(=O)Nc1ccc(F)cc1)NCCCSc1ccc(F)cc1. The van der Waals surface area contributed by atoms with Gasteiger partial charge in [-0.15, -0.1) is 23.5 Å². The Morgan fingerprint density at radius 2 is 1.44 bits per heavy atom. The fourth-order valence-electron chi connectivity index (χ4n) is 2.04. The summed E-state index contributed by atoms with van der Waals surface area (Å²) in [4.78, 5) is 24.5. The van der Waals surface area contributed by atoms with Gasteiger partial charge in [0.15, 0.2) is 0 Å². The molecule has 8 heteroatoms. The third-order valence-electron chi connectivity index (χ3n) is 3.32. The predicted octanol–water partition coefficient (Wildman–Crippen LogP) is 3.94. The van der Waals surface area contributed by atoms with Crippen molar-refractivity contribution in [3.05, 3.63) is 60.2 Å². The molecule has 0 aromatic heterocycles. The standard InChI is InChI=1S/C19H20F2N2O2S2/c20-14-2-6-16(7-3-14)23-19(25)13-26-12-18(24)22-10-1-11-27-17-8-4-15(21)5-9-17/h2-9H,1,10-13H2,(H,22,24)(H,23,25). The number of amides is 2. The molecule has 2 aromatic carbocycles. The van der Waals surface area contributed by atoms with Gasteiger partial charge in [0.25, 0.3) is 0 Å². The number of carbonyl (C=O) groups excluding carboxylic acids is 2. The number of benzene rings is 2. The van der Waals surface area contributed by atoms with E-state index < -0.39 is 0 Å². The number of halogens is 2. The Labute approximate surface area is 165 Å². The van der Waals surface area contributed by atoms with Crippen LogP contribution < -0.4 is 10.6 Å². The first-order valence-corrected chi connectivity index (χ1v) is 10.5. The van der Waals surface area contributed by atoms with Gasteiger partial charge >= 0.3 is 0 Å². The maximum absolute atomic E-state index is 12.8. The van der Waals surface area contributed by atoms with E-state index >= 15 is 0 Å². The van der Waals surface area contributed by atoms with Crippen molar-refractivity contribution in [1.82, 2.24) is 5.32 Å². The first-order valence-electron chi connectivity index (χ1n) is 8.31. The molecule has 2 N–H and O–H groups in total. The maximum Gasteiger partial charge on any atom is 0.234 e. The fraction of sp³-hybridized carbons (Fsp3) is 0.263. The highest BCUT2D eigenvalue weighted by molar-refractivity contribution is 8.00. The number of rotatable bonds is 10. The molecule has 2 aromatic rings. The Morgan fingerprint density at radius 3 is 2.11 bits per heavy atom. The van der Waals surface area contributed by atoms with Crippen molar-refractivity contribution >= 4 is 41.0 Å². The minimum absolute atomic E-state index is 0.124. The van der Waals surface area contributed by atoms with Crippen LogP contribution in [0.1, 0.15) is 6.42 Å². The third-order valence-corrected chi connectivity index (χ3v) is 5.35. The van der Waals surface area contributed by atoms with Crippen molar-refractivity contribution in [1.29, 1.82) is 0 Å². The van der Waals surface area contributed by atoms with Gasteiger partial charge in [-0.05, 0) is 60.7 Å². The number of carbonyl (C=O) groups is 2. The second-order valence-corrected chi connectivity index (χ2v) is 7.71. The summed E-state index contributed by atoms with van der Waals surface area (Å²) in [5, 5.41) is 5.44. The summed E-state index contributed by atoms with van der Waals surface area (Å²) in [7, 11) is 0. The van der Waals surface area contributed by atoms with Crippen LogP contribution in [0.4, 0.5) is 14.5 Å². The number of nitrogens with one attached hydrogen (secondary N) is 2. The summed E-state index contributed by atoms with van der Waals surface area (Å²) >= 11 is 2.82. The van der Waals surface area contributed by atoms with E-state index in [2.05, 4.69) is 10.6 Å². The van der Waals surface area contributed by atoms with Gasteiger partial charge in [-0.3, -0.25) is 9.59 Å². The fourth-order valence-corrected chi connectivity index (χ4v) is 3.54. The number of thioether (sulfide) groups is 2. The summed E-state index contributed by atoms with van der Waals surface area (Å²) in [5.74, 6) is 0.175. The van der Waals surface area contributed by atoms with E-state index in [-0.39, 0.29) is 35.0 Å². The summed E-state index contributed by atoms with van der Waals surface area (Å²) in [6.45, 7) is 0.551. The smallest absolute Gasteiger partial charge is 0.234 e. The number of hydrogen-bond donors (Lipinski definition) is 2. The zero-order valence-electron chi connectivity index (χ0n) is 14.5. The number of hydrogen-bond acceptors (Lipinski definition) is 4. The Morgan fingerprint density at radius 1 is 0.852 bits per heavy atom. The molecule has 4 nitrogen and oxygen atoms in total. The van der Waals surface area contributed by atoms with Crippen molar-refractivity contribution in [3.8, 4) is 0 Å². The molecule has 0 bridgehead atoms. The first kappa shape index (κ1) is 21.2. The molecule has 0 atom stereocenters. The average Bonchev–Trinajstić information content (AvgIpc) is 2.65. The molecule has 0 aliphatic heterocycles. The first-order chi connectivity index (χ1) is 13.0. The Bertz CT molecular complexity index is 740. The Hall–Kier alpha value is -2.06. The van der Waals surface area contributed by atoms with Crippen LogP contribution in [-0.2, 0) is 9.59 Å². The van der Waals surface area contributed by atoms with Crippen molar-refractivity contribution < 1.29 is 18.4 Å². The molecule has 0 aliphatic rings. The molecule has 27 heavy (non-hydrogen) atoms. The molecule has 2 rings (SSSR count). The molecule has 0 spiro atoms. The van der Waals surface area contributed by atoms with Crippen molar-refractivity contribution in [3.63, 3.8) is 0 Å². The van der Waals surface area contributed by atoms with E-state index in [1.54, 1.807) is 23.9 Å². The lowest BCUT2D eigenvalue weighted by Gasteiger charge is -2.06. The Balaban J connectivity index is 1.51. The second-order valence-electron chi connectivity index (χ2n) is 5.55. The van der Waals surface area contributed by atoms with E-state index in [9.17, 15) is 18.4 Å². The number of anilines is 1.